The van der Waals surface area contributed by atoms with E-state index in [-0.39, 0.29) is 0 Å². The van der Waals surface area contributed by atoms with Gasteiger partial charge in [0, 0.05) is 23.0 Å². The highest BCUT2D eigenvalue weighted by molar-refractivity contribution is 6.23. The van der Waals surface area contributed by atoms with Crippen molar-refractivity contribution in [1.82, 2.24) is 4.98 Å². The summed E-state index contributed by atoms with van der Waals surface area (Å²) in [6, 6.07) is 23.3. The molecule has 0 radical (unpaired) electrons. The Bertz CT molecular complexity index is 1580. The Morgan fingerprint density at radius 1 is 0.793 bits per heavy atom. The fraction of sp³-hybridized carbons (Fsp3) is 0.0769. The lowest BCUT2D eigenvalue weighted by Gasteiger charge is -2.12. The number of nitrogens with zero attached hydrogens (tertiary/aromatic N) is 2. The van der Waals surface area contributed by atoms with E-state index in [1.807, 2.05) is 6.07 Å². The molecule has 6 aromatic rings. The molecule has 0 saturated heterocycles. The summed E-state index contributed by atoms with van der Waals surface area (Å²) in [5.41, 5.74) is 5.11. The van der Waals surface area contributed by atoms with Gasteiger partial charge < -0.3 is 4.42 Å². The van der Waals surface area contributed by atoms with Crippen LogP contribution in [0.3, 0.4) is 0 Å². The van der Waals surface area contributed by atoms with Crippen LogP contribution in [0.1, 0.15) is 5.56 Å². The molecule has 0 amide bonds. The Morgan fingerprint density at radius 3 is 2.38 bits per heavy atom. The number of hydrogen-bond donors (Lipinski definition) is 0. The van der Waals surface area contributed by atoms with E-state index in [0.717, 1.165) is 27.6 Å². The normalized spacial score (nSPS) is 11.8. The lowest BCUT2D eigenvalue weighted by Crippen LogP contribution is -2.30. The van der Waals surface area contributed by atoms with Crippen molar-refractivity contribution in [2.75, 3.05) is 0 Å². The third kappa shape index (κ3) is 2.18. The second-order valence-corrected chi connectivity index (χ2v) is 7.57. The summed E-state index contributed by atoms with van der Waals surface area (Å²) in [4.78, 5) is 4.50. The minimum atomic E-state index is 0.683. The molecule has 3 heteroatoms. The summed E-state index contributed by atoms with van der Waals surface area (Å²) in [5.74, 6) is 0. The van der Waals surface area contributed by atoms with Crippen LogP contribution in [0.2, 0.25) is 0 Å². The average molecular weight is 375 g/mol. The van der Waals surface area contributed by atoms with Gasteiger partial charge in [-0.2, -0.15) is 0 Å². The molecule has 0 bridgehead atoms. The third-order valence-electron chi connectivity index (χ3n) is 5.95. The summed E-state index contributed by atoms with van der Waals surface area (Å²) < 4.78 is 8.60. The average Bonchev–Trinajstić information content (AvgIpc) is 3.14. The Balaban J connectivity index is 1.93. The third-order valence-corrected chi connectivity index (χ3v) is 5.95. The number of benzene rings is 3. The molecule has 3 aromatic carbocycles. The van der Waals surface area contributed by atoms with Crippen molar-refractivity contribution >= 4 is 43.6 Å². The van der Waals surface area contributed by atoms with Gasteiger partial charge >= 0.3 is 0 Å². The molecule has 3 aromatic heterocycles. The molecule has 0 aliphatic heterocycles. The van der Waals surface area contributed by atoms with Crippen molar-refractivity contribution in [1.29, 1.82) is 0 Å². The highest BCUT2D eigenvalue weighted by Crippen LogP contribution is 2.43. The first-order valence-corrected chi connectivity index (χ1v) is 9.80. The van der Waals surface area contributed by atoms with Gasteiger partial charge in [-0.25, -0.2) is 9.55 Å². The molecule has 0 unspecified atom stereocenters. The Morgan fingerprint density at radius 2 is 1.52 bits per heavy atom. The molecule has 0 atom stereocenters. The van der Waals surface area contributed by atoms with Crippen LogP contribution in [0.5, 0.6) is 0 Å². The zero-order chi connectivity index (χ0) is 19.5. The molecule has 0 spiro atoms. The summed E-state index contributed by atoms with van der Waals surface area (Å²) in [7, 11) is 2.10. The predicted octanol–water partition coefficient (Wildman–Crippen LogP) is 6.09. The van der Waals surface area contributed by atoms with E-state index in [0.29, 0.717) is 5.71 Å². The van der Waals surface area contributed by atoms with Gasteiger partial charge in [0.25, 0.3) is 0 Å². The first-order valence-electron chi connectivity index (χ1n) is 9.80. The standard InChI is InChI=1S/C26H19N2O/c1-16-18-9-5-6-11-20(18)23-21-12-7-14-27-26(21)29-25(23)22(16)24-19-10-4-3-8-17(19)13-15-28(24)2/h3-15H,1-2H3/q+1. The minimum Gasteiger partial charge on any atom is -0.437 e. The highest BCUT2D eigenvalue weighted by atomic mass is 16.3. The molecule has 6 rings (SSSR count). The van der Waals surface area contributed by atoms with Crippen LogP contribution >= 0.6 is 0 Å². The maximum atomic E-state index is 6.41. The van der Waals surface area contributed by atoms with Gasteiger partial charge in [0.15, 0.2) is 11.8 Å². The highest BCUT2D eigenvalue weighted by Gasteiger charge is 2.25. The van der Waals surface area contributed by atoms with Gasteiger partial charge in [-0.15, -0.1) is 0 Å². The molecule has 0 fully saturated rings. The van der Waals surface area contributed by atoms with Crippen molar-refractivity contribution in [2.45, 2.75) is 6.92 Å². The minimum absolute atomic E-state index is 0.683. The Kier molecular flexibility index (Phi) is 3.30. The zero-order valence-electron chi connectivity index (χ0n) is 16.3. The van der Waals surface area contributed by atoms with E-state index in [9.17, 15) is 0 Å². The van der Waals surface area contributed by atoms with E-state index < -0.39 is 0 Å². The topological polar surface area (TPSA) is 29.9 Å². The van der Waals surface area contributed by atoms with Crippen molar-refractivity contribution < 1.29 is 8.98 Å². The second-order valence-electron chi connectivity index (χ2n) is 7.57. The maximum absolute atomic E-state index is 6.41. The molecule has 138 valence electrons. The van der Waals surface area contributed by atoms with Crippen LogP contribution in [0.15, 0.2) is 83.5 Å². The predicted molar refractivity (Wildman–Crippen MR) is 118 cm³/mol. The van der Waals surface area contributed by atoms with Crippen molar-refractivity contribution in [2.24, 2.45) is 7.05 Å². The number of pyridine rings is 2. The summed E-state index contributed by atoms with van der Waals surface area (Å²) in [5, 5.41) is 7.08. The fourth-order valence-electron chi connectivity index (χ4n) is 4.62. The summed E-state index contributed by atoms with van der Waals surface area (Å²) in [6.07, 6.45) is 3.91. The largest absolute Gasteiger partial charge is 0.437 e. The maximum Gasteiger partial charge on any atom is 0.227 e. The van der Waals surface area contributed by atoms with E-state index in [1.54, 1.807) is 6.20 Å². The summed E-state index contributed by atoms with van der Waals surface area (Å²) >= 11 is 0. The monoisotopic (exact) mass is 375 g/mol. The van der Waals surface area contributed by atoms with Gasteiger partial charge in [-0.1, -0.05) is 42.5 Å². The first kappa shape index (κ1) is 16.3. The Hall–Kier alpha value is -3.72. The molecular formula is C26H19N2O+. The number of fused-ring (bicyclic) bond motifs is 6. The van der Waals surface area contributed by atoms with Crippen LogP contribution in [-0.4, -0.2) is 4.98 Å². The fourth-order valence-corrected chi connectivity index (χ4v) is 4.62. The van der Waals surface area contributed by atoms with Crippen molar-refractivity contribution in [3.63, 3.8) is 0 Å². The van der Waals surface area contributed by atoms with Crippen LogP contribution in [0.25, 0.3) is 54.9 Å². The molecule has 0 aliphatic carbocycles. The number of aryl methyl sites for hydroxylation is 2. The van der Waals surface area contributed by atoms with Gasteiger partial charge in [0.2, 0.25) is 11.4 Å². The molecule has 0 N–H and O–H groups in total. The molecular weight excluding hydrogens is 356 g/mol. The van der Waals surface area contributed by atoms with Gasteiger partial charge in [-0.3, -0.25) is 0 Å². The lowest BCUT2D eigenvalue weighted by atomic mass is 9.92. The van der Waals surface area contributed by atoms with Crippen LogP contribution in [0, 0.1) is 6.92 Å². The van der Waals surface area contributed by atoms with Crippen LogP contribution in [0.4, 0.5) is 0 Å². The second kappa shape index (κ2) is 5.89. The number of aromatic nitrogens is 2. The van der Waals surface area contributed by atoms with E-state index in [2.05, 4.69) is 90.4 Å². The SMILES string of the molecule is Cc1c(-c2c3ccccc3cc[n+]2C)c2oc3ncccc3c2c2ccccc12. The molecule has 3 heterocycles. The van der Waals surface area contributed by atoms with Gasteiger partial charge in [0.1, 0.15) is 7.05 Å². The molecule has 3 nitrogen and oxygen atoms in total. The van der Waals surface area contributed by atoms with E-state index in [4.69, 9.17) is 4.42 Å². The van der Waals surface area contributed by atoms with Gasteiger partial charge in [-0.05, 0) is 46.8 Å². The molecule has 0 saturated carbocycles. The number of hydrogen-bond acceptors (Lipinski definition) is 2. The Labute approximate surface area is 167 Å². The molecule has 29 heavy (non-hydrogen) atoms. The van der Waals surface area contributed by atoms with Gasteiger partial charge in [0.05, 0.1) is 10.9 Å². The summed E-state index contributed by atoms with van der Waals surface area (Å²) in [6.45, 7) is 2.19. The smallest absolute Gasteiger partial charge is 0.227 e. The van der Waals surface area contributed by atoms with Crippen LogP contribution in [-0.2, 0) is 7.05 Å². The van der Waals surface area contributed by atoms with Crippen molar-refractivity contribution in [3.05, 3.63) is 84.7 Å². The molecule has 0 aliphatic rings. The van der Waals surface area contributed by atoms with Crippen LogP contribution < -0.4 is 4.57 Å². The first-order chi connectivity index (χ1) is 14.2. The number of furan rings is 1. The van der Waals surface area contributed by atoms with Crippen molar-refractivity contribution in [3.8, 4) is 11.3 Å². The lowest BCUT2D eigenvalue weighted by molar-refractivity contribution is -0.659. The quantitative estimate of drug-likeness (QED) is 0.326. The van der Waals surface area contributed by atoms with E-state index >= 15 is 0 Å². The number of rotatable bonds is 1. The zero-order valence-corrected chi connectivity index (χ0v) is 16.3. The van der Waals surface area contributed by atoms with E-state index in [1.165, 1.54) is 27.1 Å².